The third kappa shape index (κ3) is 8.22. The van der Waals surface area contributed by atoms with Crippen molar-refractivity contribution in [2.45, 2.75) is 69.6 Å². The van der Waals surface area contributed by atoms with E-state index in [4.69, 9.17) is 4.74 Å². The van der Waals surface area contributed by atoms with Gasteiger partial charge < -0.3 is 14.5 Å². The van der Waals surface area contributed by atoms with E-state index >= 15 is 0 Å². The predicted octanol–water partition coefficient (Wildman–Crippen LogP) is 6.95. The highest BCUT2D eigenvalue weighted by atomic mass is 16.5. The van der Waals surface area contributed by atoms with E-state index in [1.165, 1.54) is 30.5 Å². The molecule has 3 aliphatic rings. The number of likely N-dealkylation sites (tertiary alicyclic amines) is 2. The maximum atomic E-state index is 13.0. The number of carbonyl (C=O) groups is 1. The highest BCUT2D eigenvalue weighted by Crippen LogP contribution is 2.40. The first kappa shape index (κ1) is 31.5. The Labute approximate surface area is 270 Å². The minimum absolute atomic E-state index is 0.0502. The molecule has 1 aromatic heterocycles. The van der Waals surface area contributed by atoms with Gasteiger partial charge in [0.25, 0.3) is 0 Å². The Morgan fingerprint density at radius 3 is 2.40 bits per heavy atom. The van der Waals surface area contributed by atoms with E-state index in [9.17, 15) is 4.79 Å². The molecule has 0 spiro atoms. The van der Waals surface area contributed by atoms with E-state index in [0.29, 0.717) is 42.9 Å². The molecule has 0 radical (unpaired) electrons. The second-order valence-electron chi connectivity index (χ2n) is 13.4. The smallest absolute Gasteiger partial charge is 0.306 e. The van der Waals surface area contributed by atoms with Gasteiger partial charge in [-0.3, -0.25) is 14.7 Å². The fourth-order valence-corrected chi connectivity index (χ4v) is 8.23. The Morgan fingerprint density at radius 2 is 1.67 bits per heavy atom. The zero-order valence-corrected chi connectivity index (χ0v) is 26.8. The van der Waals surface area contributed by atoms with Crippen molar-refractivity contribution in [2.75, 3.05) is 44.2 Å². The quantitative estimate of drug-likeness (QED) is 0.164. The molecule has 0 N–H and O–H groups in total. The van der Waals surface area contributed by atoms with Crippen LogP contribution in [-0.2, 0) is 16.1 Å². The molecular formula is C39H50N4O2. The molecule has 238 valence electrons. The van der Waals surface area contributed by atoms with E-state index in [1.54, 1.807) is 0 Å². The molecule has 2 saturated heterocycles. The van der Waals surface area contributed by atoms with Gasteiger partial charge in [-0.2, -0.15) is 0 Å². The van der Waals surface area contributed by atoms with Crippen LogP contribution >= 0.6 is 0 Å². The topological polar surface area (TPSA) is 48.9 Å². The van der Waals surface area contributed by atoms with Crippen molar-refractivity contribution in [2.24, 2.45) is 11.8 Å². The molecule has 3 heterocycles. The predicted molar refractivity (Wildman–Crippen MR) is 182 cm³/mol. The van der Waals surface area contributed by atoms with Crippen molar-refractivity contribution in [3.63, 3.8) is 0 Å². The Balaban J connectivity index is 1.09. The summed E-state index contributed by atoms with van der Waals surface area (Å²) in [5, 5.41) is 0. The zero-order chi connectivity index (χ0) is 30.8. The van der Waals surface area contributed by atoms with Crippen LogP contribution in [0.2, 0.25) is 0 Å². The van der Waals surface area contributed by atoms with Crippen molar-refractivity contribution >= 4 is 11.7 Å². The zero-order valence-electron chi connectivity index (χ0n) is 26.8. The third-order valence-electron chi connectivity index (χ3n) is 10.5. The van der Waals surface area contributed by atoms with Gasteiger partial charge in [-0.25, -0.2) is 0 Å². The summed E-state index contributed by atoms with van der Waals surface area (Å²) < 4.78 is 5.75. The number of pyridine rings is 1. The Morgan fingerprint density at radius 1 is 0.911 bits per heavy atom. The SMILES string of the molecule is C=CCN(c1cccnc1)C1CCN(CC2CN([C@@H]3CCCC[C@@H]3CC(=O)OCc3ccccc3)CC2c2ccccc2)CC1. The maximum Gasteiger partial charge on any atom is 0.306 e. The molecule has 0 bridgehead atoms. The summed E-state index contributed by atoms with van der Waals surface area (Å²) in [5.74, 6) is 1.42. The van der Waals surface area contributed by atoms with Gasteiger partial charge in [0.1, 0.15) is 6.61 Å². The Kier molecular flexibility index (Phi) is 11.0. The number of carbonyl (C=O) groups excluding carboxylic acids is 1. The third-order valence-corrected chi connectivity index (χ3v) is 10.5. The van der Waals surface area contributed by atoms with E-state index in [1.807, 2.05) is 54.9 Å². The number of piperidine rings is 1. The van der Waals surface area contributed by atoms with Crippen molar-refractivity contribution < 1.29 is 9.53 Å². The first-order valence-corrected chi connectivity index (χ1v) is 17.2. The number of aromatic nitrogens is 1. The number of hydrogen-bond acceptors (Lipinski definition) is 6. The lowest BCUT2D eigenvalue weighted by Crippen LogP contribution is -2.47. The van der Waals surface area contributed by atoms with Gasteiger partial charge in [-0.05, 0) is 60.8 Å². The molecule has 2 aromatic carbocycles. The lowest BCUT2D eigenvalue weighted by molar-refractivity contribution is -0.147. The van der Waals surface area contributed by atoms with E-state index < -0.39 is 0 Å². The van der Waals surface area contributed by atoms with Crippen LogP contribution < -0.4 is 4.90 Å². The highest BCUT2D eigenvalue weighted by molar-refractivity contribution is 5.69. The highest BCUT2D eigenvalue weighted by Gasteiger charge is 2.41. The van der Waals surface area contributed by atoms with Gasteiger partial charge in [-0.15, -0.1) is 6.58 Å². The number of nitrogens with zero attached hydrogens (tertiary/aromatic N) is 4. The van der Waals surface area contributed by atoms with Gasteiger partial charge >= 0.3 is 5.97 Å². The van der Waals surface area contributed by atoms with Crippen LogP contribution in [0.1, 0.15) is 62.0 Å². The standard InChI is InChI=1S/C39H50N4O2/c1-2-22-43(36-17-11-21-40-26-36)35-19-23-41(24-20-35)27-34-28-42(29-37(34)32-14-7-4-8-15-32)38-18-10-9-16-33(38)25-39(44)45-30-31-12-5-3-6-13-31/h2-8,11-15,17,21,26,33-35,37-38H,1,9-10,16,18-20,22-25,27-30H2/t33-,34?,37?,38-/m1/s1. The minimum atomic E-state index is -0.0502. The minimum Gasteiger partial charge on any atom is -0.461 e. The summed E-state index contributed by atoms with van der Waals surface area (Å²) in [6.45, 7) is 10.8. The van der Waals surface area contributed by atoms with Crippen LogP contribution in [0.25, 0.3) is 0 Å². The van der Waals surface area contributed by atoms with Crippen LogP contribution in [0.5, 0.6) is 0 Å². The molecule has 0 amide bonds. The number of ether oxygens (including phenoxy) is 1. The summed E-state index contributed by atoms with van der Waals surface area (Å²) in [7, 11) is 0. The monoisotopic (exact) mass is 606 g/mol. The van der Waals surface area contributed by atoms with Crippen LogP contribution in [0.4, 0.5) is 5.69 Å². The maximum absolute atomic E-state index is 13.0. The molecule has 45 heavy (non-hydrogen) atoms. The summed E-state index contributed by atoms with van der Waals surface area (Å²) in [6.07, 6.45) is 13.5. The summed E-state index contributed by atoms with van der Waals surface area (Å²) in [4.78, 5) is 25.3. The summed E-state index contributed by atoms with van der Waals surface area (Å²) in [6, 6.07) is 26.4. The van der Waals surface area contributed by atoms with E-state index in [2.05, 4.69) is 62.7 Å². The average Bonchev–Trinajstić information content (AvgIpc) is 3.51. The summed E-state index contributed by atoms with van der Waals surface area (Å²) in [5.41, 5.74) is 3.70. The fraction of sp³-hybridized carbons (Fsp3) is 0.487. The van der Waals surface area contributed by atoms with Crippen molar-refractivity contribution in [3.05, 3.63) is 109 Å². The molecule has 1 saturated carbocycles. The molecule has 2 unspecified atom stereocenters. The van der Waals surface area contributed by atoms with Crippen LogP contribution in [0.3, 0.4) is 0 Å². The average molecular weight is 607 g/mol. The molecule has 1 aliphatic carbocycles. The van der Waals surface area contributed by atoms with Crippen LogP contribution in [-0.4, -0.2) is 72.1 Å². The molecule has 6 nitrogen and oxygen atoms in total. The van der Waals surface area contributed by atoms with Crippen molar-refractivity contribution in [3.8, 4) is 0 Å². The number of benzene rings is 2. The molecule has 2 aliphatic heterocycles. The fourth-order valence-electron chi connectivity index (χ4n) is 8.23. The lowest BCUT2D eigenvalue weighted by atomic mass is 9.81. The number of esters is 1. The molecule has 6 heteroatoms. The molecule has 3 aromatic rings. The van der Waals surface area contributed by atoms with Crippen LogP contribution in [0.15, 0.2) is 97.8 Å². The number of anilines is 1. The number of rotatable bonds is 12. The van der Waals surface area contributed by atoms with Crippen LogP contribution in [0, 0.1) is 11.8 Å². The Bertz CT molecular complexity index is 1330. The first-order chi connectivity index (χ1) is 22.2. The second kappa shape index (κ2) is 15.7. The van der Waals surface area contributed by atoms with Gasteiger partial charge in [-0.1, -0.05) is 79.6 Å². The van der Waals surface area contributed by atoms with Gasteiger partial charge in [0, 0.05) is 69.9 Å². The van der Waals surface area contributed by atoms with E-state index in [0.717, 1.165) is 64.1 Å². The lowest BCUT2D eigenvalue weighted by Gasteiger charge is -2.40. The number of hydrogen-bond donors (Lipinski definition) is 0. The largest absolute Gasteiger partial charge is 0.461 e. The normalized spacial score (nSPS) is 24.7. The summed E-state index contributed by atoms with van der Waals surface area (Å²) >= 11 is 0. The molecular weight excluding hydrogens is 556 g/mol. The van der Waals surface area contributed by atoms with Gasteiger partial charge in [0.05, 0.1) is 11.9 Å². The second-order valence-corrected chi connectivity index (χ2v) is 13.4. The molecule has 4 atom stereocenters. The van der Waals surface area contributed by atoms with Crippen molar-refractivity contribution in [1.29, 1.82) is 0 Å². The van der Waals surface area contributed by atoms with Crippen molar-refractivity contribution in [1.82, 2.24) is 14.8 Å². The Hall–Kier alpha value is -3.48. The van der Waals surface area contributed by atoms with Gasteiger partial charge in [0.2, 0.25) is 0 Å². The molecule has 3 fully saturated rings. The van der Waals surface area contributed by atoms with E-state index in [-0.39, 0.29) is 5.97 Å². The van der Waals surface area contributed by atoms with Gasteiger partial charge in [0.15, 0.2) is 0 Å². The first-order valence-electron chi connectivity index (χ1n) is 17.2. The molecule has 6 rings (SSSR count).